The molecular weight excluding hydrogens is 528 g/mol. The molecule has 0 aliphatic carbocycles. The van der Waals surface area contributed by atoms with E-state index in [1.807, 2.05) is 7.05 Å². The van der Waals surface area contributed by atoms with Crippen LogP contribution >= 0.6 is 34.3 Å². The summed E-state index contributed by atoms with van der Waals surface area (Å²) in [6, 6.07) is 2.04. The van der Waals surface area contributed by atoms with Crippen molar-refractivity contribution < 1.29 is 23.9 Å². The monoisotopic (exact) mass is 554 g/mol. The van der Waals surface area contributed by atoms with Crippen molar-refractivity contribution in [2.45, 2.75) is 31.5 Å². The number of anilines is 1. The van der Waals surface area contributed by atoms with Crippen molar-refractivity contribution >= 4 is 62.9 Å². The SMILES string of the molecule is COCC(=O)N1CC[C@H](NC(=O)C(=O)Nc2ccc(Cl)s2)[C@H](NC(=O)c2nc3c(s2)CN(C)CC3)C1. The number of amides is 4. The Bertz CT molecular complexity index is 1150. The summed E-state index contributed by atoms with van der Waals surface area (Å²) >= 11 is 8.36. The molecule has 0 radical (unpaired) electrons. The number of nitrogens with one attached hydrogen (secondary N) is 3. The Kier molecular flexibility index (Phi) is 8.57. The first-order valence-corrected chi connectivity index (χ1v) is 13.4. The van der Waals surface area contributed by atoms with E-state index < -0.39 is 23.9 Å². The minimum atomic E-state index is -0.840. The van der Waals surface area contributed by atoms with E-state index in [9.17, 15) is 19.2 Å². The fraction of sp³-hybridized carbons (Fsp3) is 0.500. The molecule has 4 amide bonds. The van der Waals surface area contributed by atoms with E-state index >= 15 is 0 Å². The number of ether oxygens (including phenoxy) is 1. The topological polar surface area (TPSA) is 133 Å². The quantitative estimate of drug-likeness (QED) is 0.453. The van der Waals surface area contributed by atoms with Crippen molar-refractivity contribution in [1.29, 1.82) is 0 Å². The molecule has 0 bridgehead atoms. The summed E-state index contributed by atoms with van der Waals surface area (Å²) in [4.78, 5) is 59.9. The number of likely N-dealkylation sites (tertiary alicyclic amines) is 1. The van der Waals surface area contributed by atoms with Gasteiger partial charge in [0.1, 0.15) is 6.61 Å². The summed E-state index contributed by atoms with van der Waals surface area (Å²) in [7, 11) is 3.46. The van der Waals surface area contributed by atoms with Gasteiger partial charge in [-0.25, -0.2) is 4.98 Å². The molecule has 2 aliphatic rings. The number of hydrogen-bond donors (Lipinski definition) is 3. The van der Waals surface area contributed by atoms with Gasteiger partial charge in [-0.3, -0.25) is 19.2 Å². The van der Waals surface area contributed by atoms with Crippen LogP contribution in [0.4, 0.5) is 5.00 Å². The van der Waals surface area contributed by atoms with E-state index in [0.717, 1.165) is 41.4 Å². The first-order chi connectivity index (χ1) is 17.2. The van der Waals surface area contributed by atoms with Gasteiger partial charge in [-0.2, -0.15) is 0 Å². The number of carbonyl (C=O) groups is 4. The third-order valence-corrected chi connectivity index (χ3v) is 8.23. The van der Waals surface area contributed by atoms with Crippen molar-refractivity contribution in [2.24, 2.45) is 0 Å². The Labute approximate surface area is 221 Å². The molecule has 4 rings (SSSR count). The number of carbonyl (C=O) groups excluding carboxylic acids is 4. The molecule has 1 saturated heterocycles. The molecule has 2 aromatic rings. The number of rotatable bonds is 6. The number of nitrogens with zero attached hydrogens (tertiary/aromatic N) is 3. The van der Waals surface area contributed by atoms with Crippen LogP contribution in [0.15, 0.2) is 12.1 Å². The molecule has 3 N–H and O–H groups in total. The summed E-state index contributed by atoms with van der Waals surface area (Å²) in [5.41, 5.74) is 0.930. The Morgan fingerprint density at radius 1 is 1.14 bits per heavy atom. The molecule has 0 unspecified atom stereocenters. The number of fused-ring (bicyclic) bond motifs is 1. The second-order valence-electron chi connectivity index (χ2n) is 8.66. The van der Waals surface area contributed by atoms with Crippen LogP contribution in [-0.2, 0) is 32.1 Å². The van der Waals surface area contributed by atoms with Crippen molar-refractivity contribution in [3.8, 4) is 0 Å². The standard InChI is InChI=1S/C22H27ClN6O5S2/c1-28-7-5-13-15(10-28)35-22(26-13)21(33)25-14-9-29(18(30)11-34-2)8-6-12(14)24-19(31)20(32)27-17-4-3-16(23)36-17/h3-4,12,14H,5-11H2,1-2H3,(H,24,31)(H,25,33)(H,27,32)/t12-,14+/m0/s1. The molecule has 2 aliphatic heterocycles. The number of thiazole rings is 1. The number of methoxy groups -OCH3 is 1. The first-order valence-electron chi connectivity index (χ1n) is 11.4. The Morgan fingerprint density at radius 2 is 1.94 bits per heavy atom. The third-order valence-electron chi connectivity index (χ3n) is 6.00. The van der Waals surface area contributed by atoms with Crippen molar-refractivity contribution in [3.05, 3.63) is 32.0 Å². The molecule has 4 heterocycles. The lowest BCUT2D eigenvalue weighted by molar-refractivity contribution is -0.138. The third kappa shape index (κ3) is 6.40. The molecule has 0 aromatic carbocycles. The van der Waals surface area contributed by atoms with E-state index in [0.29, 0.717) is 27.3 Å². The van der Waals surface area contributed by atoms with Crippen LogP contribution in [0, 0.1) is 0 Å². The minimum Gasteiger partial charge on any atom is -0.375 e. The van der Waals surface area contributed by atoms with Crippen LogP contribution in [0.2, 0.25) is 4.34 Å². The Hall–Kier alpha value is -2.58. The number of piperidine rings is 1. The van der Waals surface area contributed by atoms with Crippen LogP contribution in [0.3, 0.4) is 0 Å². The number of halogens is 1. The van der Waals surface area contributed by atoms with Crippen LogP contribution in [0.1, 0.15) is 26.8 Å². The molecule has 2 aromatic heterocycles. The molecule has 2 atom stereocenters. The number of thiophene rings is 1. The highest BCUT2D eigenvalue weighted by Crippen LogP contribution is 2.26. The summed E-state index contributed by atoms with van der Waals surface area (Å²) in [5.74, 6) is -2.27. The van der Waals surface area contributed by atoms with Gasteiger partial charge in [0.15, 0.2) is 5.01 Å². The fourth-order valence-electron chi connectivity index (χ4n) is 4.15. The van der Waals surface area contributed by atoms with Gasteiger partial charge in [0.2, 0.25) is 5.91 Å². The summed E-state index contributed by atoms with van der Waals surface area (Å²) in [5, 5.41) is 8.94. The predicted octanol–water partition coefficient (Wildman–Crippen LogP) is 0.947. The fourth-order valence-corrected chi connectivity index (χ4v) is 6.18. The van der Waals surface area contributed by atoms with Crippen molar-refractivity contribution in [1.82, 2.24) is 25.4 Å². The van der Waals surface area contributed by atoms with E-state index in [4.69, 9.17) is 16.3 Å². The molecule has 0 spiro atoms. The molecule has 194 valence electrons. The molecular formula is C22H27ClN6O5S2. The summed E-state index contributed by atoms with van der Waals surface area (Å²) < 4.78 is 5.44. The zero-order chi connectivity index (χ0) is 25.8. The highest BCUT2D eigenvalue weighted by Gasteiger charge is 2.35. The van der Waals surface area contributed by atoms with Gasteiger partial charge < -0.3 is 30.5 Å². The van der Waals surface area contributed by atoms with Crippen LogP contribution in [0.5, 0.6) is 0 Å². The van der Waals surface area contributed by atoms with Gasteiger partial charge in [-0.1, -0.05) is 11.6 Å². The second kappa shape index (κ2) is 11.6. The van der Waals surface area contributed by atoms with Gasteiger partial charge >= 0.3 is 11.8 Å². The lowest BCUT2D eigenvalue weighted by Crippen LogP contribution is -2.62. The maximum Gasteiger partial charge on any atom is 0.314 e. The van der Waals surface area contributed by atoms with E-state index in [1.165, 1.54) is 18.4 Å². The molecule has 0 saturated carbocycles. The summed E-state index contributed by atoms with van der Waals surface area (Å²) in [6.45, 7) is 2.04. The molecule has 14 heteroatoms. The minimum absolute atomic E-state index is 0.0871. The average Bonchev–Trinajstić information content (AvgIpc) is 3.45. The predicted molar refractivity (Wildman–Crippen MR) is 136 cm³/mol. The largest absolute Gasteiger partial charge is 0.375 e. The molecule has 1 fully saturated rings. The van der Waals surface area contributed by atoms with Gasteiger partial charge in [-0.05, 0) is 25.6 Å². The van der Waals surface area contributed by atoms with E-state index in [2.05, 4.69) is 25.8 Å². The Balaban J connectivity index is 1.45. The zero-order valence-electron chi connectivity index (χ0n) is 19.8. The normalized spacial score (nSPS) is 19.9. The molecule has 11 nitrogen and oxygen atoms in total. The first kappa shape index (κ1) is 26.5. The van der Waals surface area contributed by atoms with Crippen LogP contribution in [0.25, 0.3) is 0 Å². The second-order valence-corrected chi connectivity index (χ2v) is 11.5. The van der Waals surface area contributed by atoms with Crippen LogP contribution < -0.4 is 16.0 Å². The van der Waals surface area contributed by atoms with Crippen molar-refractivity contribution in [2.75, 3.05) is 45.7 Å². The maximum absolute atomic E-state index is 13.1. The number of likely N-dealkylation sites (N-methyl/N-ethyl adjacent to an activating group) is 1. The van der Waals surface area contributed by atoms with Crippen molar-refractivity contribution in [3.63, 3.8) is 0 Å². The summed E-state index contributed by atoms with van der Waals surface area (Å²) in [6.07, 6.45) is 1.13. The average molecular weight is 555 g/mol. The highest BCUT2D eigenvalue weighted by atomic mass is 35.5. The van der Waals surface area contributed by atoms with Gasteiger partial charge in [0, 0.05) is 44.6 Å². The Morgan fingerprint density at radius 3 is 2.67 bits per heavy atom. The lowest BCUT2D eigenvalue weighted by atomic mass is 9.98. The van der Waals surface area contributed by atoms with E-state index in [-0.39, 0.29) is 25.0 Å². The van der Waals surface area contributed by atoms with E-state index in [1.54, 1.807) is 17.0 Å². The number of hydrogen-bond acceptors (Lipinski definition) is 9. The van der Waals surface area contributed by atoms with Gasteiger partial charge in [-0.15, -0.1) is 22.7 Å². The maximum atomic E-state index is 13.1. The van der Waals surface area contributed by atoms with Gasteiger partial charge in [0.25, 0.3) is 5.91 Å². The van der Waals surface area contributed by atoms with Crippen LogP contribution in [-0.4, -0.2) is 90.9 Å². The number of aromatic nitrogens is 1. The molecule has 36 heavy (non-hydrogen) atoms. The lowest BCUT2D eigenvalue weighted by Gasteiger charge is -2.38. The highest BCUT2D eigenvalue weighted by molar-refractivity contribution is 7.20. The van der Waals surface area contributed by atoms with Gasteiger partial charge in [0.05, 0.1) is 27.1 Å². The zero-order valence-corrected chi connectivity index (χ0v) is 22.2. The smallest absolute Gasteiger partial charge is 0.314 e.